The predicted molar refractivity (Wildman–Crippen MR) is 90.1 cm³/mol. The van der Waals surface area contributed by atoms with Crippen molar-refractivity contribution in [3.8, 4) is 0 Å². The van der Waals surface area contributed by atoms with Crippen LogP contribution >= 0.6 is 11.6 Å². The van der Waals surface area contributed by atoms with Crippen molar-refractivity contribution in [1.82, 2.24) is 0 Å². The first-order valence-electron chi connectivity index (χ1n) is 7.23. The van der Waals surface area contributed by atoms with Crippen molar-refractivity contribution in [1.29, 1.82) is 0 Å². The molecule has 0 radical (unpaired) electrons. The highest BCUT2D eigenvalue weighted by Crippen LogP contribution is 2.34. The van der Waals surface area contributed by atoms with Crippen LogP contribution in [0.2, 0.25) is 5.02 Å². The summed E-state index contributed by atoms with van der Waals surface area (Å²) < 4.78 is 6.00. The summed E-state index contributed by atoms with van der Waals surface area (Å²) in [6, 6.07) is 15.3. The zero-order valence-electron chi connectivity index (χ0n) is 11.8. The average Bonchev–Trinajstić information content (AvgIpc) is 2.93. The second-order valence-electron chi connectivity index (χ2n) is 5.46. The van der Waals surface area contributed by atoms with E-state index in [0.717, 1.165) is 35.3 Å². The number of hydrogen-bond acceptors (Lipinski definition) is 2. The molecule has 22 heavy (non-hydrogen) atoms. The molecular formula is C19H13ClO2. The van der Waals surface area contributed by atoms with Crippen LogP contribution in [-0.4, -0.2) is 0 Å². The molecule has 1 aromatic heterocycles. The molecule has 1 aliphatic rings. The Labute approximate surface area is 132 Å². The third-order valence-corrected chi connectivity index (χ3v) is 4.26. The van der Waals surface area contributed by atoms with Gasteiger partial charge in [0, 0.05) is 10.6 Å². The molecule has 1 aliphatic carbocycles. The van der Waals surface area contributed by atoms with Crippen LogP contribution in [0.3, 0.4) is 0 Å². The van der Waals surface area contributed by atoms with Gasteiger partial charge in [-0.15, -0.1) is 0 Å². The van der Waals surface area contributed by atoms with Crippen molar-refractivity contribution in [2.45, 2.75) is 12.8 Å². The van der Waals surface area contributed by atoms with E-state index in [1.165, 1.54) is 0 Å². The molecule has 0 unspecified atom stereocenters. The van der Waals surface area contributed by atoms with Gasteiger partial charge in [0.1, 0.15) is 11.3 Å². The number of hydrogen-bond donors (Lipinski definition) is 0. The predicted octanol–water partition coefficient (Wildman–Crippen LogP) is 4.93. The zero-order chi connectivity index (χ0) is 15.1. The second-order valence-corrected chi connectivity index (χ2v) is 5.90. The van der Waals surface area contributed by atoms with Crippen molar-refractivity contribution in [3.05, 3.63) is 80.7 Å². The maximum atomic E-state index is 12.6. The van der Waals surface area contributed by atoms with E-state index >= 15 is 0 Å². The van der Waals surface area contributed by atoms with Gasteiger partial charge in [0.15, 0.2) is 5.43 Å². The van der Waals surface area contributed by atoms with Crippen molar-refractivity contribution >= 4 is 34.2 Å². The lowest BCUT2D eigenvalue weighted by Crippen LogP contribution is -2.08. The van der Waals surface area contributed by atoms with Gasteiger partial charge < -0.3 is 4.42 Å². The first-order chi connectivity index (χ1) is 10.7. The molecule has 0 spiro atoms. The van der Waals surface area contributed by atoms with E-state index in [4.69, 9.17) is 16.0 Å². The summed E-state index contributed by atoms with van der Waals surface area (Å²) in [5.74, 6) is 0.726. The number of allylic oxidation sites excluding steroid dienone is 1. The summed E-state index contributed by atoms with van der Waals surface area (Å²) in [4.78, 5) is 12.6. The monoisotopic (exact) mass is 308 g/mol. The Bertz CT molecular complexity index is 952. The Balaban J connectivity index is 1.92. The van der Waals surface area contributed by atoms with Crippen LogP contribution < -0.4 is 5.43 Å². The molecule has 2 aromatic carbocycles. The van der Waals surface area contributed by atoms with Crippen molar-refractivity contribution in [3.63, 3.8) is 0 Å². The minimum absolute atomic E-state index is 0.0372. The molecule has 0 bridgehead atoms. The van der Waals surface area contributed by atoms with E-state index in [0.29, 0.717) is 16.0 Å². The van der Waals surface area contributed by atoms with Gasteiger partial charge in [-0.3, -0.25) is 4.79 Å². The van der Waals surface area contributed by atoms with Gasteiger partial charge in [0.25, 0.3) is 0 Å². The molecule has 1 heterocycles. The summed E-state index contributed by atoms with van der Waals surface area (Å²) >= 11 is 5.99. The van der Waals surface area contributed by atoms with Crippen LogP contribution in [0.1, 0.15) is 23.3 Å². The Morgan fingerprint density at radius 1 is 1.05 bits per heavy atom. The maximum Gasteiger partial charge on any atom is 0.196 e. The molecule has 0 atom stereocenters. The molecule has 3 aromatic rings. The van der Waals surface area contributed by atoms with Crippen LogP contribution in [-0.2, 0) is 6.42 Å². The van der Waals surface area contributed by atoms with Gasteiger partial charge in [-0.05, 0) is 48.3 Å². The average molecular weight is 309 g/mol. The third kappa shape index (κ3) is 2.16. The lowest BCUT2D eigenvalue weighted by Gasteiger charge is -2.04. The highest BCUT2D eigenvalue weighted by atomic mass is 35.5. The molecule has 0 amide bonds. The summed E-state index contributed by atoms with van der Waals surface area (Å²) in [5.41, 5.74) is 3.58. The number of benzene rings is 2. The lowest BCUT2D eigenvalue weighted by molar-refractivity contribution is 0.585. The van der Waals surface area contributed by atoms with Gasteiger partial charge in [-0.25, -0.2) is 0 Å². The fourth-order valence-electron chi connectivity index (χ4n) is 2.95. The minimum atomic E-state index is 0.0372. The smallest absolute Gasteiger partial charge is 0.196 e. The van der Waals surface area contributed by atoms with E-state index in [2.05, 4.69) is 6.08 Å². The van der Waals surface area contributed by atoms with Crippen LogP contribution in [0.15, 0.2) is 57.7 Å². The zero-order valence-corrected chi connectivity index (χ0v) is 12.6. The fourth-order valence-corrected chi connectivity index (χ4v) is 3.13. The number of fused-ring (bicyclic) bond motifs is 2. The summed E-state index contributed by atoms with van der Waals surface area (Å²) in [6.07, 6.45) is 3.64. The molecule has 108 valence electrons. The van der Waals surface area contributed by atoms with Gasteiger partial charge in [-0.2, -0.15) is 0 Å². The van der Waals surface area contributed by atoms with Crippen LogP contribution in [0, 0.1) is 0 Å². The Morgan fingerprint density at radius 2 is 1.86 bits per heavy atom. The van der Waals surface area contributed by atoms with E-state index in [-0.39, 0.29) is 5.43 Å². The minimum Gasteiger partial charge on any atom is -0.456 e. The normalized spacial score (nSPS) is 15.4. The molecule has 3 heteroatoms. The molecule has 2 nitrogen and oxygen atoms in total. The second kappa shape index (κ2) is 5.15. The molecule has 0 saturated heterocycles. The first kappa shape index (κ1) is 13.4. The maximum absolute atomic E-state index is 12.6. The quantitative estimate of drug-likeness (QED) is 0.638. The van der Waals surface area contributed by atoms with Crippen molar-refractivity contribution in [2.75, 3.05) is 0 Å². The molecule has 0 fully saturated rings. The van der Waals surface area contributed by atoms with E-state index in [1.807, 2.05) is 30.3 Å². The van der Waals surface area contributed by atoms with Gasteiger partial charge in [0.2, 0.25) is 0 Å². The fraction of sp³-hybridized carbons (Fsp3) is 0.105. The Hall–Kier alpha value is -2.32. The molecule has 0 N–H and O–H groups in total. The first-order valence-corrected chi connectivity index (χ1v) is 7.61. The van der Waals surface area contributed by atoms with E-state index in [9.17, 15) is 4.79 Å². The van der Waals surface area contributed by atoms with Gasteiger partial charge >= 0.3 is 0 Å². The van der Waals surface area contributed by atoms with Gasteiger partial charge in [-0.1, -0.05) is 41.9 Å². The highest BCUT2D eigenvalue weighted by Gasteiger charge is 2.23. The van der Waals surface area contributed by atoms with Crippen molar-refractivity contribution in [2.24, 2.45) is 0 Å². The third-order valence-electron chi connectivity index (χ3n) is 4.02. The SMILES string of the molecule is O=c1c2c(oc3ccc(Cl)cc13)/C(=C/c1ccccc1)CC2. The number of rotatable bonds is 1. The van der Waals surface area contributed by atoms with Gasteiger partial charge in [0.05, 0.1) is 5.39 Å². The molecule has 4 rings (SSSR count). The molecule has 0 saturated carbocycles. The highest BCUT2D eigenvalue weighted by molar-refractivity contribution is 6.31. The standard InChI is InChI=1S/C19H13ClO2/c20-14-7-9-17-16(11-14)18(21)15-8-6-13(19(15)22-17)10-12-4-2-1-3-5-12/h1-5,7,9-11H,6,8H2/b13-10+. The molecular weight excluding hydrogens is 296 g/mol. The lowest BCUT2D eigenvalue weighted by atomic mass is 10.1. The summed E-state index contributed by atoms with van der Waals surface area (Å²) in [6.45, 7) is 0. The van der Waals surface area contributed by atoms with Crippen molar-refractivity contribution < 1.29 is 4.42 Å². The van der Waals surface area contributed by atoms with Crippen LogP contribution in [0.25, 0.3) is 22.6 Å². The van der Waals surface area contributed by atoms with Crippen LogP contribution in [0.4, 0.5) is 0 Å². The van der Waals surface area contributed by atoms with E-state index < -0.39 is 0 Å². The number of halogens is 1. The van der Waals surface area contributed by atoms with E-state index in [1.54, 1.807) is 18.2 Å². The molecule has 0 aliphatic heterocycles. The largest absolute Gasteiger partial charge is 0.456 e. The Kier molecular flexibility index (Phi) is 3.12. The topological polar surface area (TPSA) is 30.2 Å². The Morgan fingerprint density at radius 3 is 2.68 bits per heavy atom. The summed E-state index contributed by atoms with van der Waals surface area (Å²) in [5, 5.41) is 1.12. The van der Waals surface area contributed by atoms with Crippen LogP contribution in [0.5, 0.6) is 0 Å². The summed E-state index contributed by atoms with van der Waals surface area (Å²) in [7, 11) is 0.